The van der Waals surface area contributed by atoms with E-state index < -0.39 is 0 Å². The molecule has 0 unspecified atom stereocenters. The van der Waals surface area contributed by atoms with E-state index in [9.17, 15) is 4.79 Å². The van der Waals surface area contributed by atoms with Crippen LogP contribution in [0.1, 0.15) is 11.5 Å². The lowest BCUT2D eigenvalue weighted by Crippen LogP contribution is -2.49. The zero-order valence-corrected chi connectivity index (χ0v) is 17.4. The topological polar surface area (TPSA) is 52.8 Å². The maximum absolute atomic E-state index is 11.9. The van der Waals surface area contributed by atoms with Gasteiger partial charge in [-0.05, 0) is 23.8 Å². The lowest BCUT2D eigenvalue weighted by atomic mass is 10.0. The monoisotopic (exact) mass is 392 g/mol. The van der Waals surface area contributed by atoms with Gasteiger partial charge in [-0.2, -0.15) is 0 Å². The van der Waals surface area contributed by atoms with E-state index in [4.69, 9.17) is 9.40 Å². The van der Waals surface area contributed by atoms with Crippen molar-refractivity contribution in [3.63, 3.8) is 0 Å². The second-order valence-electron chi connectivity index (χ2n) is 7.89. The second kappa shape index (κ2) is 8.35. The number of carbonyl (C=O) groups excluding carboxylic acids is 1. The summed E-state index contributed by atoms with van der Waals surface area (Å²) in [6.07, 6.45) is 0. The standard InChI is InChI=1S/C23H28N4O2/c1-17-21(15-26-11-13-27(14-12-26)16-22(28)25(2)3)24-23(29-17)20-10-6-8-18-7-4-5-9-19(18)20/h4-10H,11-16H2,1-3H3. The number of rotatable bonds is 5. The largest absolute Gasteiger partial charge is 0.441 e. The van der Waals surface area contributed by atoms with Crippen LogP contribution >= 0.6 is 0 Å². The number of oxazole rings is 1. The van der Waals surface area contributed by atoms with Crippen LogP contribution in [0.3, 0.4) is 0 Å². The lowest BCUT2D eigenvalue weighted by molar-refractivity contribution is -0.130. The molecule has 0 spiro atoms. The van der Waals surface area contributed by atoms with Crippen LogP contribution < -0.4 is 0 Å². The Hall–Kier alpha value is -2.70. The summed E-state index contributed by atoms with van der Waals surface area (Å²) < 4.78 is 6.05. The molecule has 29 heavy (non-hydrogen) atoms. The highest BCUT2D eigenvalue weighted by atomic mass is 16.4. The molecule has 0 bridgehead atoms. The molecule has 0 N–H and O–H groups in total. The minimum Gasteiger partial charge on any atom is -0.441 e. The molecular weight excluding hydrogens is 364 g/mol. The summed E-state index contributed by atoms with van der Waals surface area (Å²) in [6, 6.07) is 14.5. The van der Waals surface area contributed by atoms with E-state index in [1.807, 2.05) is 25.1 Å². The van der Waals surface area contributed by atoms with Crippen molar-refractivity contribution in [1.29, 1.82) is 0 Å². The normalized spacial score (nSPS) is 15.7. The first-order valence-corrected chi connectivity index (χ1v) is 10.1. The summed E-state index contributed by atoms with van der Waals surface area (Å²) in [5.74, 6) is 1.72. The molecule has 1 aliphatic heterocycles. The molecule has 0 aliphatic carbocycles. The molecule has 1 fully saturated rings. The maximum Gasteiger partial charge on any atom is 0.236 e. The van der Waals surface area contributed by atoms with Crippen molar-refractivity contribution in [3.8, 4) is 11.5 Å². The van der Waals surface area contributed by atoms with E-state index in [1.165, 1.54) is 5.39 Å². The van der Waals surface area contributed by atoms with Crippen molar-refractivity contribution in [1.82, 2.24) is 19.7 Å². The van der Waals surface area contributed by atoms with Gasteiger partial charge < -0.3 is 9.32 Å². The lowest BCUT2D eigenvalue weighted by Gasteiger charge is -2.34. The highest BCUT2D eigenvalue weighted by Crippen LogP contribution is 2.29. The van der Waals surface area contributed by atoms with Crippen LogP contribution in [0.5, 0.6) is 0 Å². The minimum absolute atomic E-state index is 0.158. The Labute approximate surface area is 171 Å². The van der Waals surface area contributed by atoms with Gasteiger partial charge in [-0.15, -0.1) is 0 Å². The summed E-state index contributed by atoms with van der Waals surface area (Å²) in [4.78, 5) is 23.0. The predicted molar refractivity (Wildman–Crippen MR) is 115 cm³/mol. The molecular formula is C23H28N4O2. The number of likely N-dealkylation sites (N-methyl/N-ethyl adjacent to an activating group) is 1. The number of hydrogen-bond acceptors (Lipinski definition) is 5. The molecule has 1 aromatic heterocycles. The Morgan fingerprint density at radius 1 is 1.03 bits per heavy atom. The molecule has 3 aromatic rings. The number of amides is 1. The van der Waals surface area contributed by atoms with Gasteiger partial charge in [0.2, 0.25) is 11.8 Å². The predicted octanol–water partition coefficient (Wildman–Crippen LogP) is 3.01. The molecule has 2 heterocycles. The highest BCUT2D eigenvalue weighted by Gasteiger charge is 2.22. The molecule has 1 aliphatic rings. The van der Waals surface area contributed by atoms with E-state index in [0.29, 0.717) is 12.4 Å². The highest BCUT2D eigenvalue weighted by molar-refractivity contribution is 5.94. The summed E-state index contributed by atoms with van der Waals surface area (Å²) in [6.45, 7) is 6.90. The number of aromatic nitrogens is 1. The molecule has 2 aromatic carbocycles. The molecule has 6 heteroatoms. The van der Waals surface area contributed by atoms with Crippen LogP contribution in [-0.4, -0.2) is 72.4 Å². The van der Waals surface area contributed by atoms with Crippen molar-refractivity contribution in [2.45, 2.75) is 13.5 Å². The molecule has 1 saturated heterocycles. The maximum atomic E-state index is 11.9. The van der Waals surface area contributed by atoms with E-state index in [0.717, 1.165) is 55.1 Å². The van der Waals surface area contributed by atoms with Gasteiger partial charge in [-0.25, -0.2) is 4.98 Å². The van der Waals surface area contributed by atoms with E-state index >= 15 is 0 Å². The Morgan fingerprint density at radius 2 is 1.72 bits per heavy atom. The van der Waals surface area contributed by atoms with Crippen LogP contribution in [0.4, 0.5) is 0 Å². The molecule has 0 radical (unpaired) electrons. The first-order chi connectivity index (χ1) is 14.0. The van der Waals surface area contributed by atoms with Crippen molar-refractivity contribution in [3.05, 3.63) is 53.9 Å². The van der Waals surface area contributed by atoms with Crippen LogP contribution in [0.25, 0.3) is 22.2 Å². The number of nitrogens with zero attached hydrogens (tertiary/aromatic N) is 4. The second-order valence-corrected chi connectivity index (χ2v) is 7.89. The molecule has 6 nitrogen and oxygen atoms in total. The van der Waals surface area contributed by atoms with Crippen LogP contribution in [0.15, 0.2) is 46.9 Å². The van der Waals surface area contributed by atoms with Crippen molar-refractivity contribution < 1.29 is 9.21 Å². The third-order valence-corrected chi connectivity index (χ3v) is 5.61. The third-order valence-electron chi connectivity index (χ3n) is 5.61. The third kappa shape index (κ3) is 4.33. The Balaban J connectivity index is 1.44. The summed E-state index contributed by atoms with van der Waals surface area (Å²) >= 11 is 0. The molecule has 152 valence electrons. The number of benzene rings is 2. The van der Waals surface area contributed by atoms with Gasteiger partial charge in [0, 0.05) is 52.4 Å². The fourth-order valence-electron chi connectivity index (χ4n) is 3.75. The van der Waals surface area contributed by atoms with Gasteiger partial charge in [0.1, 0.15) is 5.76 Å². The van der Waals surface area contributed by atoms with Crippen molar-refractivity contribution >= 4 is 16.7 Å². The van der Waals surface area contributed by atoms with Gasteiger partial charge in [-0.1, -0.05) is 36.4 Å². The van der Waals surface area contributed by atoms with Gasteiger partial charge in [0.25, 0.3) is 0 Å². The number of carbonyl (C=O) groups is 1. The zero-order chi connectivity index (χ0) is 20.4. The van der Waals surface area contributed by atoms with Crippen LogP contribution in [-0.2, 0) is 11.3 Å². The fraction of sp³-hybridized carbons (Fsp3) is 0.391. The number of fused-ring (bicyclic) bond motifs is 1. The Morgan fingerprint density at radius 3 is 2.48 bits per heavy atom. The summed E-state index contributed by atoms with van der Waals surface area (Å²) in [7, 11) is 3.61. The number of hydrogen-bond donors (Lipinski definition) is 0. The zero-order valence-electron chi connectivity index (χ0n) is 17.4. The quantitative estimate of drug-likeness (QED) is 0.668. The van der Waals surface area contributed by atoms with E-state index in [2.05, 4.69) is 34.1 Å². The number of piperazine rings is 1. The van der Waals surface area contributed by atoms with Crippen molar-refractivity contribution in [2.24, 2.45) is 0 Å². The molecule has 4 rings (SSSR count). The van der Waals surface area contributed by atoms with Gasteiger partial charge >= 0.3 is 0 Å². The summed E-state index contributed by atoms with van der Waals surface area (Å²) in [5.41, 5.74) is 2.02. The first-order valence-electron chi connectivity index (χ1n) is 10.1. The van der Waals surface area contributed by atoms with Crippen LogP contribution in [0, 0.1) is 6.92 Å². The SMILES string of the molecule is Cc1oc(-c2cccc3ccccc23)nc1CN1CCN(CC(=O)N(C)C)CC1. The smallest absolute Gasteiger partial charge is 0.236 e. The summed E-state index contributed by atoms with van der Waals surface area (Å²) in [5, 5.41) is 2.34. The van der Waals surface area contributed by atoms with E-state index in [1.54, 1.807) is 19.0 Å². The fourth-order valence-corrected chi connectivity index (χ4v) is 3.75. The van der Waals surface area contributed by atoms with Gasteiger partial charge in [-0.3, -0.25) is 14.6 Å². The van der Waals surface area contributed by atoms with Crippen LogP contribution in [0.2, 0.25) is 0 Å². The average molecular weight is 393 g/mol. The Bertz CT molecular complexity index is 998. The average Bonchev–Trinajstić information content (AvgIpc) is 3.09. The minimum atomic E-state index is 0.158. The van der Waals surface area contributed by atoms with Crippen molar-refractivity contribution in [2.75, 3.05) is 46.8 Å². The van der Waals surface area contributed by atoms with Gasteiger partial charge in [0.05, 0.1) is 12.2 Å². The number of aryl methyl sites for hydroxylation is 1. The van der Waals surface area contributed by atoms with E-state index in [-0.39, 0.29) is 5.91 Å². The Kier molecular flexibility index (Phi) is 5.65. The molecule has 0 saturated carbocycles. The van der Waals surface area contributed by atoms with Gasteiger partial charge in [0.15, 0.2) is 0 Å². The first kappa shape index (κ1) is 19.6. The molecule has 0 atom stereocenters. The molecule has 1 amide bonds.